The SMILES string of the molecule is Cc1cc2nc(-c3c[nH]ccc3=O)[nH]c2cc1C. The van der Waals surface area contributed by atoms with Gasteiger partial charge in [-0.1, -0.05) is 0 Å². The normalized spacial score (nSPS) is 11.0. The number of H-pyrrole nitrogens is 2. The van der Waals surface area contributed by atoms with Crippen LogP contribution in [-0.4, -0.2) is 15.0 Å². The van der Waals surface area contributed by atoms with E-state index >= 15 is 0 Å². The number of aryl methyl sites for hydroxylation is 2. The Hall–Kier alpha value is -2.36. The maximum atomic E-state index is 11.8. The van der Waals surface area contributed by atoms with Crippen LogP contribution in [0.2, 0.25) is 0 Å². The Kier molecular flexibility index (Phi) is 2.30. The van der Waals surface area contributed by atoms with Crippen molar-refractivity contribution in [2.75, 3.05) is 0 Å². The standard InChI is InChI=1S/C14H13N3O/c1-8-5-11-12(6-9(8)2)17-14(16-11)10-7-15-4-3-13(10)18/h3-7H,1-2H3,(H,15,18)(H,16,17). The minimum absolute atomic E-state index is 0.0405. The predicted molar refractivity (Wildman–Crippen MR) is 71.6 cm³/mol. The molecule has 0 radical (unpaired) electrons. The van der Waals surface area contributed by atoms with Crippen LogP contribution in [0.15, 0.2) is 35.4 Å². The van der Waals surface area contributed by atoms with Gasteiger partial charge in [0, 0.05) is 18.5 Å². The molecule has 4 heteroatoms. The molecule has 0 aliphatic heterocycles. The number of imidazole rings is 1. The minimum Gasteiger partial charge on any atom is -0.367 e. The first-order chi connectivity index (χ1) is 8.65. The molecule has 0 atom stereocenters. The Balaban J connectivity index is 2.26. The monoisotopic (exact) mass is 239 g/mol. The van der Waals surface area contributed by atoms with E-state index in [-0.39, 0.29) is 5.43 Å². The Labute approximate surface area is 104 Å². The van der Waals surface area contributed by atoms with E-state index in [1.54, 1.807) is 12.4 Å². The number of fused-ring (bicyclic) bond motifs is 1. The van der Waals surface area contributed by atoms with Gasteiger partial charge in [-0.25, -0.2) is 4.98 Å². The van der Waals surface area contributed by atoms with Crippen molar-refractivity contribution in [2.45, 2.75) is 13.8 Å². The molecule has 0 saturated carbocycles. The zero-order valence-electron chi connectivity index (χ0n) is 10.2. The second kappa shape index (κ2) is 3.84. The lowest BCUT2D eigenvalue weighted by atomic mass is 10.1. The summed E-state index contributed by atoms with van der Waals surface area (Å²) in [5.74, 6) is 0.608. The second-order valence-electron chi connectivity index (χ2n) is 4.46. The van der Waals surface area contributed by atoms with Gasteiger partial charge in [0.05, 0.1) is 16.6 Å². The molecule has 0 unspecified atom stereocenters. The lowest BCUT2D eigenvalue weighted by Crippen LogP contribution is -2.03. The summed E-state index contributed by atoms with van der Waals surface area (Å²) < 4.78 is 0. The van der Waals surface area contributed by atoms with Gasteiger partial charge in [-0.05, 0) is 37.1 Å². The van der Waals surface area contributed by atoms with Gasteiger partial charge in [-0.2, -0.15) is 0 Å². The average Bonchev–Trinajstić information content (AvgIpc) is 2.73. The number of nitrogens with zero attached hydrogens (tertiary/aromatic N) is 1. The van der Waals surface area contributed by atoms with Crippen LogP contribution in [0.3, 0.4) is 0 Å². The van der Waals surface area contributed by atoms with E-state index in [2.05, 4.69) is 34.9 Å². The van der Waals surface area contributed by atoms with Gasteiger partial charge in [-0.3, -0.25) is 4.79 Å². The predicted octanol–water partition coefficient (Wildman–Crippen LogP) is 2.54. The maximum absolute atomic E-state index is 11.8. The highest BCUT2D eigenvalue weighted by Crippen LogP contribution is 2.20. The van der Waals surface area contributed by atoms with Gasteiger partial charge < -0.3 is 9.97 Å². The summed E-state index contributed by atoms with van der Waals surface area (Å²) in [6, 6.07) is 5.58. The van der Waals surface area contributed by atoms with E-state index in [0.717, 1.165) is 11.0 Å². The molecule has 3 aromatic rings. The highest BCUT2D eigenvalue weighted by molar-refractivity contribution is 5.80. The molecule has 2 N–H and O–H groups in total. The molecule has 2 aromatic heterocycles. The highest BCUT2D eigenvalue weighted by atomic mass is 16.1. The molecule has 1 aromatic carbocycles. The molecule has 0 saturated heterocycles. The number of rotatable bonds is 1. The zero-order chi connectivity index (χ0) is 12.7. The maximum Gasteiger partial charge on any atom is 0.192 e. The number of aromatic amines is 2. The molecule has 90 valence electrons. The van der Waals surface area contributed by atoms with Gasteiger partial charge in [0.15, 0.2) is 5.43 Å². The highest BCUT2D eigenvalue weighted by Gasteiger charge is 2.09. The van der Waals surface area contributed by atoms with Gasteiger partial charge in [0.1, 0.15) is 5.82 Å². The number of pyridine rings is 1. The fraction of sp³-hybridized carbons (Fsp3) is 0.143. The summed E-state index contributed by atoms with van der Waals surface area (Å²) in [6.07, 6.45) is 3.28. The van der Waals surface area contributed by atoms with Crippen molar-refractivity contribution in [3.63, 3.8) is 0 Å². The van der Waals surface area contributed by atoms with E-state index < -0.39 is 0 Å². The second-order valence-corrected chi connectivity index (χ2v) is 4.46. The molecule has 3 rings (SSSR count). The van der Waals surface area contributed by atoms with Crippen molar-refractivity contribution in [1.82, 2.24) is 15.0 Å². The Morgan fingerprint density at radius 3 is 2.72 bits per heavy atom. The summed E-state index contributed by atoms with van der Waals surface area (Å²) in [6.45, 7) is 4.11. The van der Waals surface area contributed by atoms with Gasteiger partial charge in [0.25, 0.3) is 0 Å². The Morgan fingerprint density at radius 1 is 1.17 bits per heavy atom. The molecule has 0 spiro atoms. The zero-order valence-corrected chi connectivity index (χ0v) is 10.2. The molecule has 4 nitrogen and oxygen atoms in total. The number of hydrogen-bond donors (Lipinski definition) is 2. The van der Waals surface area contributed by atoms with Crippen molar-refractivity contribution >= 4 is 11.0 Å². The third kappa shape index (κ3) is 1.62. The number of hydrogen-bond acceptors (Lipinski definition) is 2. The minimum atomic E-state index is -0.0405. The van der Waals surface area contributed by atoms with Gasteiger partial charge >= 0.3 is 0 Å². The fourth-order valence-electron chi connectivity index (χ4n) is 2.00. The van der Waals surface area contributed by atoms with Crippen LogP contribution in [0.25, 0.3) is 22.4 Å². The summed E-state index contributed by atoms with van der Waals surface area (Å²) in [5.41, 5.74) is 4.76. The topological polar surface area (TPSA) is 61.5 Å². The van der Waals surface area contributed by atoms with E-state index in [9.17, 15) is 4.79 Å². The van der Waals surface area contributed by atoms with Crippen molar-refractivity contribution in [1.29, 1.82) is 0 Å². The smallest absolute Gasteiger partial charge is 0.192 e. The Morgan fingerprint density at radius 2 is 1.94 bits per heavy atom. The molecular weight excluding hydrogens is 226 g/mol. The largest absolute Gasteiger partial charge is 0.367 e. The quantitative estimate of drug-likeness (QED) is 0.685. The molecular formula is C14H13N3O. The molecule has 0 fully saturated rings. The van der Waals surface area contributed by atoms with Crippen molar-refractivity contribution < 1.29 is 0 Å². The first kappa shape index (κ1) is 10.8. The lowest BCUT2D eigenvalue weighted by molar-refractivity contribution is 1.25. The number of aromatic nitrogens is 3. The van der Waals surface area contributed by atoms with E-state index in [1.807, 2.05) is 6.07 Å². The summed E-state index contributed by atoms with van der Waals surface area (Å²) >= 11 is 0. The molecule has 0 aliphatic carbocycles. The molecule has 0 bridgehead atoms. The summed E-state index contributed by atoms with van der Waals surface area (Å²) in [5, 5.41) is 0. The van der Waals surface area contributed by atoms with Crippen LogP contribution >= 0.6 is 0 Å². The fourth-order valence-corrected chi connectivity index (χ4v) is 2.00. The first-order valence-electron chi connectivity index (χ1n) is 5.79. The van der Waals surface area contributed by atoms with Crippen LogP contribution in [-0.2, 0) is 0 Å². The molecule has 0 aliphatic rings. The average molecular weight is 239 g/mol. The first-order valence-corrected chi connectivity index (χ1v) is 5.79. The molecule has 2 heterocycles. The van der Waals surface area contributed by atoms with Crippen LogP contribution in [0.1, 0.15) is 11.1 Å². The third-order valence-corrected chi connectivity index (χ3v) is 3.18. The van der Waals surface area contributed by atoms with Crippen LogP contribution in [0.4, 0.5) is 0 Å². The van der Waals surface area contributed by atoms with Crippen LogP contribution in [0, 0.1) is 13.8 Å². The third-order valence-electron chi connectivity index (χ3n) is 3.18. The summed E-state index contributed by atoms with van der Waals surface area (Å²) in [4.78, 5) is 22.3. The molecule has 18 heavy (non-hydrogen) atoms. The van der Waals surface area contributed by atoms with Crippen molar-refractivity contribution in [3.05, 3.63) is 51.9 Å². The summed E-state index contributed by atoms with van der Waals surface area (Å²) in [7, 11) is 0. The molecule has 0 amide bonds. The van der Waals surface area contributed by atoms with Gasteiger partial charge in [0.2, 0.25) is 0 Å². The number of nitrogens with one attached hydrogen (secondary N) is 2. The van der Waals surface area contributed by atoms with Crippen LogP contribution < -0.4 is 5.43 Å². The van der Waals surface area contributed by atoms with Crippen molar-refractivity contribution in [3.8, 4) is 11.4 Å². The van der Waals surface area contributed by atoms with Crippen LogP contribution in [0.5, 0.6) is 0 Å². The van der Waals surface area contributed by atoms with Gasteiger partial charge in [-0.15, -0.1) is 0 Å². The van der Waals surface area contributed by atoms with E-state index in [1.165, 1.54) is 17.2 Å². The Bertz CT molecular complexity index is 744. The van der Waals surface area contributed by atoms with E-state index in [0.29, 0.717) is 11.4 Å². The van der Waals surface area contributed by atoms with E-state index in [4.69, 9.17) is 0 Å². The lowest BCUT2D eigenvalue weighted by Gasteiger charge is -1.97. The van der Waals surface area contributed by atoms with Crippen molar-refractivity contribution in [2.24, 2.45) is 0 Å². The number of benzene rings is 1.